The van der Waals surface area contributed by atoms with Crippen LogP contribution in [0.15, 0.2) is 89.0 Å². The number of fused-ring (bicyclic) bond motifs is 1. The third-order valence-electron chi connectivity index (χ3n) is 11.4. The number of aromatic amines is 1. The van der Waals surface area contributed by atoms with Crippen molar-refractivity contribution in [2.45, 2.75) is 108 Å². The summed E-state index contributed by atoms with van der Waals surface area (Å²) in [4.78, 5) is 106. The van der Waals surface area contributed by atoms with Gasteiger partial charge in [0.15, 0.2) is 11.9 Å². The Morgan fingerprint density at radius 3 is 1.56 bits per heavy atom. The van der Waals surface area contributed by atoms with Gasteiger partial charge in [0, 0.05) is 69.3 Å². The van der Waals surface area contributed by atoms with Gasteiger partial charge in [0.2, 0.25) is 41.4 Å². The number of guanidine groups is 2. The Balaban J connectivity index is 1.64. The second-order valence-electron chi connectivity index (χ2n) is 17.3. The Bertz CT molecular complexity index is 2510. The van der Waals surface area contributed by atoms with Crippen molar-refractivity contribution in [3.8, 4) is 11.5 Å². The van der Waals surface area contributed by atoms with Crippen LogP contribution in [0.3, 0.4) is 0 Å². The number of aliphatic imine (C=N–C) groups is 2. The van der Waals surface area contributed by atoms with Crippen LogP contribution in [-0.4, -0.2) is 118 Å². The Morgan fingerprint density at radius 2 is 1.03 bits per heavy atom. The van der Waals surface area contributed by atoms with Gasteiger partial charge >= 0.3 is 0 Å². The van der Waals surface area contributed by atoms with Crippen LogP contribution in [0.4, 0.5) is 0 Å². The molecule has 0 saturated carbocycles. The van der Waals surface area contributed by atoms with Crippen molar-refractivity contribution < 1.29 is 43.8 Å². The number of H-pyrrole nitrogens is 1. The van der Waals surface area contributed by atoms with Crippen molar-refractivity contribution in [1.29, 1.82) is 0 Å². The first-order valence-corrected chi connectivity index (χ1v) is 23.6. The zero-order valence-corrected chi connectivity index (χ0v) is 40.3. The minimum Gasteiger partial charge on any atom is -0.508 e. The number of rotatable bonds is 30. The Kier molecular flexibility index (Phi) is 22.6. The van der Waals surface area contributed by atoms with Gasteiger partial charge in [-0.1, -0.05) is 48.9 Å². The molecule has 0 fully saturated rings. The molecule has 4 aromatic rings. The Morgan fingerprint density at radius 1 is 0.556 bits per heavy atom. The van der Waals surface area contributed by atoms with E-state index in [0.29, 0.717) is 42.5 Å². The number of hydrogen-bond donors (Lipinski definition) is 14. The summed E-state index contributed by atoms with van der Waals surface area (Å²) in [6, 6.07) is 12.8. The number of aromatic nitrogens is 1. The van der Waals surface area contributed by atoms with E-state index in [9.17, 15) is 43.8 Å². The SMILES string of the molecule is CC(=O)NCCCCCC(=O)N[C@@H](Cc1ccc(O)cc1)C(=O)N[C@@H](Cc1ccc(O)cc1)C(=O)N[C@@H](CCCN=C(N)N)C(=O)N[C@@H](Cc1c[nH]c2ccccc12)C(=O)N[C@@H](CCCN=C(N)N)C(N)=O. The second-order valence-corrected chi connectivity index (χ2v) is 17.3. The monoisotopic (exact) mass is 997 g/mol. The fourth-order valence-corrected chi connectivity index (χ4v) is 7.65. The van der Waals surface area contributed by atoms with Gasteiger partial charge in [-0.25, -0.2) is 0 Å². The van der Waals surface area contributed by atoms with E-state index in [1.807, 2.05) is 24.3 Å². The van der Waals surface area contributed by atoms with Crippen LogP contribution in [0.5, 0.6) is 11.5 Å². The molecular formula is C49H68N14O9. The van der Waals surface area contributed by atoms with E-state index >= 15 is 0 Å². The molecule has 19 N–H and O–H groups in total. The lowest BCUT2D eigenvalue weighted by molar-refractivity contribution is -0.135. The average molecular weight is 997 g/mol. The number of carbonyl (C=O) groups excluding carboxylic acids is 7. The van der Waals surface area contributed by atoms with Gasteiger partial charge in [0.25, 0.3) is 0 Å². The minimum atomic E-state index is -1.39. The number of para-hydroxylation sites is 1. The number of phenols is 2. The quantitative estimate of drug-likeness (QED) is 0.0175. The van der Waals surface area contributed by atoms with Crippen molar-refractivity contribution in [2.24, 2.45) is 38.7 Å². The van der Waals surface area contributed by atoms with Gasteiger partial charge in [0.05, 0.1) is 0 Å². The van der Waals surface area contributed by atoms with Crippen LogP contribution in [-0.2, 0) is 52.8 Å². The van der Waals surface area contributed by atoms with E-state index in [0.717, 1.165) is 10.9 Å². The molecule has 0 bridgehead atoms. The maximum absolute atomic E-state index is 14.6. The smallest absolute Gasteiger partial charge is 0.243 e. The number of nitrogens with one attached hydrogen (secondary N) is 7. The molecule has 4 rings (SSSR count). The normalized spacial score (nSPS) is 13.0. The molecule has 1 aromatic heterocycles. The van der Waals surface area contributed by atoms with Crippen molar-refractivity contribution in [2.75, 3.05) is 19.6 Å². The van der Waals surface area contributed by atoms with Crippen LogP contribution in [0, 0.1) is 0 Å². The van der Waals surface area contributed by atoms with Crippen LogP contribution < -0.4 is 60.6 Å². The Hall–Kier alpha value is -8.37. The molecule has 0 radical (unpaired) electrons. The molecule has 23 nitrogen and oxygen atoms in total. The molecule has 0 unspecified atom stereocenters. The van der Waals surface area contributed by atoms with Gasteiger partial charge in [-0.3, -0.25) is 43.5 Å². The maximum Gasteiger partial charge on any atom is 0.243 e. The first-order chi connectivity index (χ1) is 34.4. The number of unbranched alkanes of at least 4 members (excludes halogenated alkanes) is 2. The summed E-state index contributed by atoms with van der Waals surface area (Å²) < 4.78 is 0. The average Bonchev–Trinajstić information content (AvgIpc) is 3.74. The first-order valence-electron chi connectivity index (χ1n) is 23.6. The molecule has 72 heavy (non-hydrogen) atoms. The highest BCUT2D eigenvalue weighted by Crippen LogP contribution is 2.20. The zero-order valence-electron chi connectivity index (χ0n) is 40.3. The fraction of sp³-hybridized carbons (Fsp3) is 0.408. The lowest BCUT2D eigenvalue weighted by Crippen LogP contribution is -2.59. The molecule has 0 aliphatic carbocycles. The number of carbonyl (C=O) groups is 7. The van der Waals surface area contributed by atoms with Gasteiger partial charge in [-0.2, -0.15) is 0 Å². The van der Waals surface area contributed by atoms with E-state index in [4.69, 9.17) is 28.7 Å². The van der Waals surface area contributed by atoms with Crippen LogP contribution in [0.1, 0.15) is 75.0 Å². The molecule has 1 heterocycles. The zero-order chi connectivity index (χ0) is 52.6. The number of benzene rings is 3. The van der Waals surface area contributed by atoms with E-state index in [1.54, 1.807) is 30.5 Å². The summed E-state index contributed by atoms with van der Waals surface area (Å²) >= 11 is 0. The highest BCUT2D eigenvalue weighted by Gasteiger charge is 2.33. The van der Waals surface area contributed by atoms with Gasteiger partial charge in [-0.05, 0) is 85.5 Å². The van der Waals surface area contributed by atoms with E-state index in [2.05, 4.69) is 46.9 Å². The molecule has 7 amide bonds. The number of amides is 7. The number of nitrogens with zero attached hydrogens (tertiary/aromatic N) is 2. The highest BCUT2D eigenvalue weighted by atomic mass is 16.3. The molecule has 0 aliphatic rings. The predicted octanol–water partition coefficient (Wildman–Crippen LogP) is -0.680. The van der Waals surface area contributed by atoms with Crippen molar-refractivity contribution in [3.05, 3.63) is 95.7 Å². The molecule has 0 saturated heterocycles. The molecule has 3 aromatic carbocycles. The lowest BCUT2D eigenvalue weighted by atomic mass is 10.0. The van der Waals surface area contributed by atoms with Gasteiger partial charge < -0.3 is 75.8 Å². The van der Waals surface area contributed by atoms with Crippen LogP contribution >= 0.6 is 0 Å². The highest BCUT2D eigenvalue weighted by molar-refractivity contribution is 5.97. The van der Waals surface area contributed by atoms with Crippen LogP contribution in [0.2, 0.25) is 0 Å². The summed E-state index contributed by atoms with van der Waals surface area (Å²) in [6.07, 6.45) is 3.71. The maximum atomic E-state index is 14.6. The predicted molar refractivity (Wildman–Crippen MR) is 271 cm³/mol. The number of nitrogens with two attached hydrogens (primary N) is 5. The summed E-state index contributed by atoms with van der Waals surface area (Å²) in [6.45, 7) is 2.08. The second kappa shape index (κ2) is 29.0. The van der Waals surface area contributed by atoms with Gasteiger partial charge in [0.1, 0.15) is 41.7 Å². The molecule has 5 atom stereocenters. The fourth-order valence-electron chi connectivity index (χ4n) is 7.65. The third kappa shape index (κ3) is 19.9. The largest absolute Gasteiger partial charge is 0.508 e. The molecule has 0 aliphatic heterocycles. The van der Waals surface area contributed by atoms with Crippen molar-refractivity contribution in [1.82, 2.24) is 36.9 Å². The molecular weight excluding hydrogens is 929 g/mol. The number of primary amides is 1. The Labute approximate surface area is 417 Å². The summed E-state index contributed by atoms with van der Waals surface area (Å²) in [5.74, 6) is -4.97. The minimum absolute atomic E-state index is 0.0127. The van der Waals surface area contributed by atoms with Crippen molar-refractivity contribution in [3.63, 3.8) is 0 Å². The number of aromatic hydroxyl groups is 2. The molecule has 23 heteroatoms. The third-order valence-corrected chi connectivity index (χ3v) is 11.4. The van der Waals surface area contributed by atoms with Crippen molar-refractivity contribution >= 4 is 64.2 Å². The summed E-state index contributed by atoms with van der Waals surface area (Å²) in [5.41, 5.74) is 30.2. The first kappa shape index (κ1) is 56.2. The van der Waals surface area contributed by atoms with E-state index < -0.39 is 65.7 Å². The topological polar surface area (TPSA) is 403 Å². The van der Waals surface area contributed by atoms with Crippen LogP contribution in [0.25, 0.3) is 10.9 Å². The lowest BCUT2D eigenvalue weighted by Gasteiger charge is -2.27. The van der Waals surface area contributed by atoms with E-state index in [-0.39, 0.29) is 93.8 Å². The standard InChI is InChI=1S/C49H68N14O9/c1-29(64)55-22-6-2-3-13-42(67)59-39(25-30-14-18-33(65)19-15-30)45(70)62-40(26-31-16-20-34(66)21-17-31)46(71)61-38(12-8-24-57-49(53)54)44(69)63-41(27-32-28-58-36-10-5-4-9-35(32)36)47(72)60-37(43(50)68)11-7-23-56-48(51)52/h4-5,9-10,14-21,28,37-41,58,65-66H,2-3,6-8,11-13,22-27H2,1H3,(H2,50,68)(H,55,64)(H,59,67)(H,60,72)(H,61,71)(H,62,70)(H,63,69)(H4,51,52,56)(H4,53,54,57)/t37-,38-,39-,40-,41-/m0/s1. The summed E-state index contributed by atoms with van der Waals surface area (Å²) in [5, 5.41) is 37.1. The number of hydrogen-bond acceptors (Lipinski definition) is 11. The van der Waals surface area contributed by atoms with E-state index in [1.165, 1.54) is 31.2 Å². The molecule has 0 spiro atoms. The summed E-state index contributed by atoms with van der Waals surface area (Å²) in [7, 11) is 0. The molecule has 388 valence electrons. The van der Waals surface area contributed by atoms with Gasteiger partial charge in [-0.15, -0.1) is 0 Å². The number of phenolic OH excluding ortho intramolecular Hbond substituents is 2.